The zero-order valence-electron chi connectivity index (χ0n) is 12.2. The van der Waals surface area contributed by atoms with Gasteiger partial charge in [0, 0.05) is 16.3 Å². The molecule has 2 aromatic carbocycles. The monoisotopic (exact) mass is 393 g/mol. The van der Waals surface area contributed by atoms with Crippen LogP contribution in [0.15, 0.2) is 40.9 Å². The third-order valence-electron chi connectivity index (χ3n) is 3.74. The van der Waals surface area contributed by atoms with E-state index in [1.165, 1.54) is 0 Å². The molecule has 1 atom stereocenters. The van der Waals surface area contributed by atoms with E-state index >= 15 is 0 Å². The molecule has 1 aliphatic rings. The zero-order valence-corrected chi connectivity index (χ0v) is 14.6. The molecule has 1 aliphatic heterocycles. The summed E-state index contributed by atoms with van der Waals surface area (Å²) in [5.41, 5.74) is 2.13. The number of anilines is 1. The predicted molar refractivity (Wildman–Crippen MR) is 92.5 cm³/mol. The highest BCUT2D eigenvalue weighted by molar-refractivity contribution is 9.10. The van der Waals surface area contributed by atoms with Crippen LogP contribution in [0.4, 0.5) is 5.69 Å². The second-order valence-corrected chi connectivity index (χ2v) is 6.59. The smallest absolute Gasteiger partial charge is 0.231 e. The Bertz CT molecular complexity index is 806. The molecule has 0 bridgehead atoms. The van der Waals surface area contributed by atoms with Crippen molar-refractivity contribution >= 4 is 44.9 Å². The maximum absolute atomic E-state index is 12.3. The Kier molecular flexibility index (Phi) is 4.41. The second kappa shape index (κ2) is 6.34. The van der Waals surface area contributed by atoms with Gasteiger partial charge < -0.3 is 10.1 Å². The summed E-state index contributed by atoms with van der Waals surface area (Å²) in [4.78, 5) is 24.0. The third-order valence-corrected chi connectivity index (χ3v) is 4.60. The zero-order chi connectivity index (χ0) is 16.6. The van der Waals surface area contributed by atoms with E-state index in [0.29, 0.717) is 20.8 Å². The van der Waals surface area contributed by atoms with Gasteiger partial charge in [0.15, 0.2) is 12.4 Å². The molecule has 0 radical (unpaired) electrons. The number of fused-ring (bicyclic) bond motifs is 1. The van der Waals surface area contributed by atoms with E-state index in [4.69, 9.17) is 16.3 Å². The number of carbonyl (C=O) groups excluding carboxylic acids is 2. The van der Waals surface area contributed by atoms with Crippen LogP contribution in [-0.4, -0.2) is 18.3 Å². The molecule has 0 fully saturated rings. The molecule has 1 heterocycles. The fourth-order valence-corrected chi connectivity index (χ4v) is 3.21. The maximum atomic E-state index is 12.3. The number of hydrogen-bond acceptors (Lipinski definition) is 3. The molecule has 1 amide bonds. The Labute approximate surface area is 146 Å². The van der Waals surface area contributed by atoms with Crippen LogP contribution >= 0.6 is 27.5 Å². The Morgan fingerprint density at radius 2 is 2.09 bits per heavy atom. The number of carbonyl (C=O) groups is 2. The molecule has 3 rings (SSSR count). The Morgan fingerprint density at radius 3 is 2.83 bits per heavy atom. The van der Waals surface area contributed by atoms with E-state index in [1.807, 2.05) is 6.92 Å². The van der Waals surface area contributed by atoms with Gasteiger partial charge in [-0.05, 0) is 64.8 Å². The largest absolute Gasteiger partial charge is 0.484 e. The maximum Gasteiger partial charge on any atom is 0.231 e. The minimum absolute atomic E-state index is 0.0501. The third kappa shape index (κ3) is 3.26. The van der Waals surface area contributed by atoms with E-state index in [0.717, 1.165) is 11.3 Å². The lowest BCUT2D eigenvalue weighted by molar-refractivity contribution is -0.116. The van der Waals surface area contributed by atoms with E-state index < -0.39 is 0 Å². The van der Waals surface area contributed by atoms with E-state index in [2.05, 4.69) is 21.2 Å². The van der Waals surface area contributed by atoms with E-state index in [-0.39, 0.29) is 24.2 Å². The minimum atomic E-state index is -0.246. The molecule has 1 N–H and O–H groups in total. The van der Waals surface area contributed by atoms with E-state index in [9.17, 15) is 9.59 Å². The summed E-state index contributed by atoms with van der Waals surface area (Å²) in [7, 11) is 0. The van der Waals surface area contributed by atoms with Crippen molar-refractivity contribution in [2.75, 3.05) is 11.9 Å². The van der Waals surface area contributed by atoms with E-state index in [1.54, 1.807) is 36.4 Å². The number of nitrogens with one attached hydrogen (secondary N) is 1. The lowest BCUT2D eigenvalue weighted by atomic mass is 9.99. The van der Waals surface area contributed by atoms with Gasteiger partial charge in [-0.15, -0.1) is 0 Å². The van der Waals surface area contributed by atoms with Crippen LogP contribution in [0, 0.1) is 0 Å². The van der Waals surface area contributed by atoms with Crippen LogP contribution in [0.2, 0.25) is 5.02 Å². The van der Waals surface area contributed by atoms with Gasteiger partial charge in [-0.1, -0.05) is 11.6 Å². The van der Waals surface area contributed by atoms with Gasteiger partial charge >= 0.3 is 0 Å². The van der Waals surface area contributed by atoms with Crippen LogP contribution in [0.25, 0.3) is 0 Å². The fraction of sp³-hybridized carbons (Fsp3) is 0.176. The fourth-order valence-electron chi connectivity index (χ4n) is 2.41. The molecule has 4 nitrogen and oxygen atoms in total. The number of halogens is 2. The van der Waals surface area contributed by atoms with Gasteiger partial charge in [0.1, 0.15) is 5.75 Å². The van der Waals surface area contributed by atoms with Gasteiger partial charge in [0.2, 0.25) is 5.91 Å². The first-order valence-electron chi connectivity index (χ1n) is 7.01. The molecule has 118 valence electrons. The summed E-state index contributed by atoms with van der Waals surface area (Å²) in [5.74, 6) is 0.102. The van der Waals surface area contributed by atoms with Crippen molar-refractivity contribution < 1.29 is 14.3 Å². The number of ketones is 1. The number of rotatable bonds is 4. The van der Waals surface area contributed by atoms with Gasteiger partial charge in [-0.3, -0.25) is 9.59 Å². The summed E-state index contributed by atoms with van der Waals surface area (Å²) in [5, 5.41) is 3.37. The number of amides is 1. The average molecular weight is 395 g/mol. The van der Waals surface area contributed by atoms with Gasteiger partial charge in [0.05, 0.1) is 10.4 Å². The van der Waals surface area contributed by atoms with Crippen molar-refractivity contribution in [2.24, 2.45) is 0 Å². The number of ether oxygens (including phenoxy) is 1. The highest BCUT2D eigenvalue weighted by Gasteiger charge is 2.27. The Hall–Kier alpha value is -1.85. The van der Waals surface area contributed by atoms with Crippen molar-refractivity contribution in [1.82, 2.24) is 0 Å². The summed E-state index contributed by atoms with van der Waals surface area (Å²) in [6, 6.07) is 10.3. The molecule has 0 aliphatic carbocycles. The minimum Gasteiger partial charge on any atom is -0.484 e. The first-order valence-corrected chi connectivity index (χ1v) is 8.18. The first kappa shape index (κ1) is 16.0. The average Bonchev–Trinajstić information content (AvgIpc) is 2.80. The molecule has 2 aromatic rings. The first-order chi connectivity index (χ1) is 11.0. The molecule has 0 saturated carbocycles. The molecule has 0 spiro atoms. The quantitative estimate of drug-likeness (QED) is 0.781. The Balaban J connectivity index is 1.73. The lowest BCUT2D eigenvalue weighted by Gasteiger charge is -2.09. The van der Waals surface area contributed by atoms with Crippen molar-refractivity contribution in [3.8, 4) is 5.75 Å². The van der Waals surface area contributed by atoms with Gasteiger partial charge in [-0.25, -0.2) is 0 Å². The molecule has 6 heteroatoms. The van der Waals surface area contributed by atoms with Crippen molar-refractivity contribution in [3.63, 3.8) is 0 Å². The van der Waals surface area contributed by atoms with Crippen LogP contribution in [0.5, 0.6) is 5.75 Å². The topological polar surface area (TPSA) is 55.4 Å². The van der Waals surface area contributed by atoms with Crippen LogP contribution in [-0.2, 0) is 4.79 Å². The number of benzene rings is 2. The molecule has 23 heavy (non-hydrogen) atoms. The normalized spacial score (nSPS) is 16.0. The van der Waals surface area contributed by atoms with Gasteiger partial charge in [0.25, 0.3) is 0 Å². The van der Waals surface area contributed by atoms with Crippen LogP contribution < -0.4 is 10.1 Å². The van der Waals surface area contributed by atoms with Crippen molar-refractivity contribution in [1.29, 1.82) is 0 Å². The Morgan fingerprint density at radius 1 is 1.30 bits per heavy atom. The number of hydrogen-bond donors (Lipinski definition) is 1. The van der Waals surface area contributed by atoms with Crippen LogP contribution in [0.3, 0.4) is 0 Å². The van der Waals surface area contributed by atoms with Crippen LogP contribution in [0.1, 0.15) is 28.8 Å². The summed E-state index contributed by atoms with van der Waals surface area (Å²) < 4.78 is 6.23. The SMILES string of the molecule is C[C@@H]1C(=O)Nc2ccc(C(=O)COc3ccc(Cl)cc3Br)cc21. The predicted octanol–water partition coefficient (Wildman–Crippen LogP) is 4.42. The highest BCUT2D eigenvalue weighted by Crippen LogP contribution is 2.33. The summed E-state index contributed by atoms with van der Waals surface area (Å²) in [6.45, 7) is 1.73. The highest BCUT2D eigenvalue weighted by atomic mass is 79.9. The van der Waals surface area contributed by atoms with Gasteiger partial charge in [-0.2, -0.15) is 0 Å². The number of Topliss-reactive ketones (excluding diaryl/α,β-unsaturated/α-hetero) is 1. The molecule has 0 saturated heterocycles. The molecular weight excluding hydrogens is 382 g/mol. The molecular formula is C17H13BrClNO3. The van der Waals surface area contributed by atoms with Crippen molar-refractivity contribution in [3.05, 3.63) is 57.0 Å². The summed E-state index contributed by atoms with van der Waals surface area (Å²) >= 11 is 9.21. The van der Waals surface area contributed by atoms with Crippen molar-refractivity contribution in [2.45, 2.75) is 12.8 Å². The standard InChI is InChI=1S/C17H13BrClNO3/c1-9-12-6-10(2-4-14(12)20-17(9)22)15(21)8-23-16-5-3-11(19)7-13(16)18/h2-7,9H,8H2,1H3,(H,20,22)/t9-/m0/s1. The molecule has 0 aromatic heterocycles. The summed E-state index contributed by atoms with van der Waals surface area (Å²) in [6.07, 6.45) is 0. The lowest BCUT2D eigenvalue weighted by Crippen LogP contribution is -2.12. The second-order valence-electron chi connectivity index (χ2n) is 5.30. The molecule has 0 unspecified atom stereocenters.